The van der Waals surface area contributed by atoms with Crippen LogP contribution in [0, 0.1) is 12.8 Å². The van der Waals surface area contributed by atoms with E-state index in [1.54, 1.807) is 6.92 Å². The minimum Gasteiger partial charge on any atom is -0.375 e. The van der Waals surface area contributed by atoms with Crippen molar-refractivity contribution in [1.82, 2.24) is 4.98 Å². The van der Waals surface area contributed by atoms with Gasteiger partial charge in [0.15, 0.2) is 9.34 Å². The molecule has 21 heavy (non-hydrogen) atoms. The number of sulfonamides is 1. The van der Waals surface area contributed by atoms with Crippen LogP contribution >= 0.6 is 11.3 Å². The van der Waals surface area contributed by atoms with Gasteiger partial charge in [-0.15, -0.1) is 0 Å². The zero-order valence-electron chi connectivity index (χ0n) is 11.9. The molecule has 0 fully saturated rings. The maximum absolute atomic E-state index is 13.0. The second kappa shape index (κ2) is 4.99. The Kier molecular flexibility index (Phi) is 3.41. The summed E-state index contributed by atoms with van der Waals surface area (Å²) in [6.07, 6.45) is 0.895. The molecule has 1 aromatic carbocycles. The van der Waals surface area contributed by atoms with E-state index in [9.17, 15) is 8.42 Å². The zero-order valence-corrected chi connectivity index (χ0v) is 13.5. The number of nitrogens with two attached hydrogens (primary N) is 1. The van der Waals surface area contributed by atoms with E-state index in [0.29, 0.717) is 12.2 Å². The number of fused-ring (bicyclic) bond motifs is 1. The number of aromatic nitrogens is 1. The summed E-state index contributed by atoms with van der Waals surface area (Å²) in [5.41, 5.74) is 7.95. The van der Waals surface area contributed by atoms with Gasteiger partial charge >= 0.3 is 0 Å². The lowest BCUT2D eigenvalue weighted by Crippen LogP contribution is -2.39. The monoisotopic (exact) mass is 323 g/mol. The first kappa shape index (κ1) is 14.3. The molecule has 0 saturated heterocycles. The van der Waals surface area contributed by atoms with E-state index in [-0.39, 0.29) is 15.3 Å². The second-order valence-electron chi connectivity index (χ2n) is 5.40. The molecule has 5 nitrogen and oxygen atoms in total. The van der Waals surface area contributed by atoms with Gasteiger partial charge in [-0.1, -0.05) is 36.5 Å². The Labute approximate surface area is 128 Å². The van der Waals surface area contributed by atoms with Crippen molar-refractivity contribution >= 4 is 32.2 Å². The van der Waals surface area contributed by atoms with Gasteiger partial charge in [0.25, 0.3) is 10.0 Å². The highest BCUT2D eigenvalue weighted by molar-refractivity contribution is 7.94. The van der Waals surface area contributed by atoms with Crippen LogP contribution in [0.15, 0.2) is 28.5 Å². The fraction of sp³-hybridized carbons (Fsp3) is 0.357. The maximum Gasteiger partial charge on any atom is 0.275 e. The normalized spacial score (nSPS) is 18.6. The Hall–Kier alpha value is -1.60. The summed E-state index contributed by atoms with van der Waals surface area (Å²) in [6, 6.07) is 7.66. The number of anilines is 2. The molecule has 0 bridgehead atoms. The molecule has 0 saturated carbocycles. The molecular formula is C14H17N3O2S2. The maximum atomic E-state index is 13.0. The molecule has 1 aliphatic heterocycles. The molecule has 1 aromatic heterocycles. The minimum atomic E-state index is -3.61. The fourth-order valence-corrected chi connectivity index (χ4v) is 5.74. The predicted molar refractivity (Wildman–Crippen MR) is 85.1 cm³/mol. The molecule has 112 valence electrons. The van der Waals surface area contributed by atoms with E-state index in [0.717, 1.165) is 29.0 Å². The average Bonchev–Trinajstić information content (AvgIpc) is 2.77. The van der Waals surface area contributed by atoms with Crippen molar-refractivity contribution in [3.8, 4) is 0 Å². The molecular weight excluding hydrogens is 306 g/mol. The lowest BCUT2D eigenvalue weighted by molar-refractivity contribution is 0.545. The summed E-state index contributed by atoms with van der Waals surface area (Å²) in [5, 5.41) is 0.282. The molecule has 3 rings (SSSR count). The van der Waals surface area contributed by atoms with Crippen LogP contribution in [0.3, 0.4) is 0 Å². The predicted octanol–water partition coefficient (Wildman–Crippen LogP) is 2.42. The van der Waals surface area contributed by atoms with Crippen LogP contribution < -0.4 is 10.0 Å². The molecule has 7 heteroatoms. The van der Waals surface area contributed by atoms with Gasteiger partial charge in [-0.2, -0.15) is 0 Å². The van der Waals surface area contributed by atoms with Crippen molar-refractivity contribution in [1.29, 1.82) is 0 Å². The smallest absolute Gasteiger partial charge is 0.275 e. The van der Waals surface area contributed by atoms with Gasteiger partial charge in [0, 0.05) is 6.54 Å². The molecule has 0 aliphatic carbocycles. The van der Waals surface area contributed by atoms with Gasteiger partial charge in [-0.05, 0) is 30.9 Å². The lowest BCUT2D eigenvalue weighted by atomic mass is 9.96. The number of hydrogen-bond acceptors (Lipinski definition) is 5. The van der Waals surface area contributed by atoms with Crippen molar-refractivity contribution < 1.29 is 8.42 Å². The van der Waals surface area contributed by atoms with Crippen molar-refractivity contribution in [2.45, 2.75) is 24.5 Å². The van der Waals surface area contributed by atoms with E-state index in [4.69, 9.17) is 5.73 Å². The number of nitrogen functional groups attached to an aromatic ring is 1. The third-order valence-electron chi connectivity index (χ3n) is 3.60. The topological polar surface area (TPSA) is 76.3 Å². The van der Waals surface area contributed by atoms with Crippen molar-refractivity contribution in [2.75, 3.05) is 16.6 Å². The molecule has 0 radical (unpaired) electrons. The number of nitrogens with zero attached hydrogens (tertiary/aromatic N) is 2. The van der Waals surface area contributed by atoms with Crippen molar-refractivity contribution in [3.63, 3.8) is 0 Å². The van der Waals surface area contributed by atoms with Crippen LogP contribution in [0.1, 0.15) is 18.2 Å². The molecule has 1 atom stereocenters. The summed E-state index contributed by atoms with van der Waals surface area (Å²) < 4.78 is 27.7. The van der Waals surface area contributed by atoms with Crippen LogP contribution in [0.4, 0.5) is 10.8 Å². The van der Waals surface area contributed by atoms with Crippen LogP contribution in [-0.4, -0.2) is 19.9 Å². The first-order valence-electron chi connectivity index (χ1n) is 6.73. The Bertz CT molecular complexity index is 783. The van der Waals surface area contributed by atoms with Crippen LogP contribution in [0.25, 0.3) is 0 Å². The molecule has 0 spiro atoms. The van der Waals surface area contributed by atoms with E-state index < -0.39 is 10.0 Å². The SMILES string of the molecule is Cc1nc(N)sc1S(=O)(=O)N1CC(C)Cc2ccccc21. The molecule has 1 aliphatic rings. The first-order valence-corrected chi connectivity index (χ1v) is 8.99. The highest BCUT2D eigenvalue weighted by Crippen LogP contribution is 2.36. The van der Waals surface area contributed by atoms with Gasteiger partial charge < -0.3 is 5.73 Å². The van der Waals surface area contributed by atoms with Crippen molar-refractivity contribution in [3.05, 3.63) is 35.5 Å². The third-order valence-corrected chi connectivity index (χ3v) is 6.95. The Morgan fingerprint density at radius 2 is 2.10 bits per heavy atom. The molecule has 2 aromatic rings. The highest BCUT2D eigenvalue weighted by atomic mass is 32.2. The highest BCUT2D eigenvalue weighted by Gasteiger charge is 2.34. The van der Waals surface area contributed by atoms with Crippen LogP contribution in [0.2, 0.25) is 0 Å². The number of hydrogen-bond donors (Lipinski definition) is 1. The number of rotatable bonds is 2. The van der Waals surface area contributed by atoms with E-state index >= 15 is 0 Å². The zero-order chi connectivity index (χ0) is 15.2. The first-order chi connectivity index (χ1) is 9.89. The summed E-state index contributed by atoms with van der Waals surface area (Å²) in [5.74, 6) is 0.278. The van der Waals surface area contributed by atoms with Crippen LogP contribution in [-0.2, 0) is 16.4 Å². The van der Waals surface area contributed by atoms with Gasteiger partial charge in [-0.3, -0.25) is 4.31 Å². The summed E-state index contributed by atoms with van der Waals surface area (Å²) in [4.78, 5) is 4.04. The largest absolute Gasteiger partial charge is 0.375 e. The Morgan fingerprint density at radius 1 is 1.38 bits per heavy atom. The summed E-state index contributed by atoms with van der Waals surface area (Å²) in [7, 11) is -3.61. The molecule has 2 heterocycles. The number of benzene rings is 1. The average molecular weight is 323 g/mol. The quantitative estimate of drug-likeness (QED) is 0.921. The molecule has 0 amide bonds. The summed E-state index contributed by atoms with van der Waals surface area (Å²) >= 11 is 1.03. The van der Waals surface area contributed by atoms with Crippen molar-refractivity contribution in [2.24, 2.45) is 5.92 Å². The van der Waals surface area contributed by atoms with Gasteiger partial charge in [-0.25, -0.2) is 13.4 Å². The second-order valence-corrected chi connectivity index (χ2v) is 8.49. The number of aryl methyl sites for hydroxylation is 1. The van der Waals surface area contributed by atoms with Crippen LogP contribution in [0.5, 0.6) is 0 Å². The van der Waals surface area contributed by atoms with Gasteiger partial charge in [0.2, 0.25) is 0 Å². The molecule has 1 unspecified atom stereocenters. The fourth-order valence-electron chi connectivity index (χ4n) is 2.72. The van der Waals surface area contributed by atoms with Gasteiger partial charge in [0.1, 0.15) is 0 Å². The minimum absolute atomic E-state index is 0.240. The number of thiazole rings is 1. The Morgan fingerprint density at radius 3 is 2.76 bits per heavy atom. The summed E-state index contributed by atoms with van der Waals surface area (Å²) in [6.45, 7) is 4.22. The van der Waals surface area contributed by atoms with E-state index in [1.807, 2.05) is 24.3 Å². The standard InChI is InChI=1S/C14H17N3O2S2/c1-9-7-11-5-3-4-6-12(11)17(8-9)21(18,19)13-10(2)16-14(15)20-13/h3-6,9H,7-8H2,1-2H3,(H2,15,16). The van der Waals surface area contributed by atoms with E-state index in [2.05, 4.69) is 11.9 Å². The Balaban J connectivity index is 2.14. The van der Waals surface area contributed by atoms with Gasteiger partial charge in [0.05, 0.1) is 11.4 Å². The number of para-hydroxylation sites is 1. The lowest BCUT2D eigenvalue weighted by Gasteiger charge is -2.33. The molecule has 2 N–H and O–H groups in total. The van der Waals surface area contributed by atoms with E-state index in [1.165, 1.54) is 4.31 Å². The third kappa shape index (κ3) is 2.40.